The van der Waals surface area contributed by atoms with Gasteiger partial charge in [-0.1, -0.05) is 0 Å². The first-order valence-electron chi connectivity index (χ1n) is 8.71. The molecule has 2 aromatic rings. The zero-order valence-corrected chi connectivity index (χ0v) is 16.1. The highest BCUT2D eigenvalue weighted by molar-refractivity contribution is 5.99. The normalized spacial score (nSPS) is 11.1. The Morgan fingerprint density at radius 3 is 2.07 bits per heavy atom. The lowest BCUT2D eigenvalue weighted by molar-refractivity contribution is -0.274. The molecular weight excluding hydrogens is 389 g/mol. The van der Waals surface area contributed by atoms with Gasteiger partial charge in [-0.05, 0) is 62.4 Å². The van der Waals surface area contributed by atoms with E-state index in [4.69, 9.17) is 4.74 Å². The molecule has 0 aromatic heterocycles. The number of likely N-dealkylation sites (N-methyl/N-ethyl adjacent to an activating group) is 1. The average molecular weight is 410 g/mol. The molecule has 2 amide bonds. The summed E-state index contributed by atoms with van der Waals surface area (Å²) in [5.41, 5.74) is 0.672. The van der Waals surface area contributed by atoms with E-state index in [1.54, 1.807) is 24.3 Å². The van der Waals surface area contributed by atoms with Crippen LogP contribution in [0.25, 0.3) is 0 Å². The highest BCUT2D eigenvalue weighted by Crippen LogP contribution is 2.24. The van der Waals surface area contributed by atoms with E-state index in [9.17, 15) is 22.8 Å². The molecule has 0 aliphatic heterocycles. The number of hydrogen-bond donors (Lipinski definition) is 1. The summed E-state index contributed by atoms with van der Waals surface area (Å²) in [4.78, 5) is 25.8. The minimum absolute atomic E-state index is 0.0111. The fourth-order valence-electron chi connectivity index (χ4n) is 2.40. The van der Waals surface area contributed by atoms with Crippen LogP contribution in [-0.4, -0.2) is 42.8 Å². The number of amides is 2. The second-order valence-electron chi connectivity index (χ2n) is 6.47. The molecule has 156 valence electrons. The van der Waals surface area contributed by atoms with Crippen molar-refractivity contribution in [3.63, 3.8) is 0 Å². The summed E-state index contributed by atoms with van der Waals surface area (Å²) in [6.07, 6.45) is -4.77. The Labute approximate surface area is 166 Å². The molecule has 1 N–H and O–H groups in total. The molecule has 2 aromatic carbocycles. The van der Waals surface area contributed by atoms with Crippen molar-refractivity contribution in [1.29, 1.82) is 0 Å². The molecule has 0 radical (unpaired) electrons. The Morgan fingerprint density at radius 2 is 1.55 bits per heavy atom. The summed E-state index contributed by atoms with van der Waals surface area (Å²) in [5, 5.41) is 2.51. The summed E-state index contributed by atoms with van der Waals surface area (Å²) in [7, 11) is 1.47. The van der Waals surface area contributed by atoms with E-state index in [1.165, 1.54) is 24.1 Å². The summed E-state index contributed by atoms with van der Waals surface area (Å²) in [5.74, 6) is -0.613. The van der Waals surface area contributed by atoms with E-state index in [-0.39, 0.29) is 24.2 Å². The van der Waals surface area contributed by atoms with Crippen LogP contribution in [0.5, 0.6) is 11.5 Å². The third-order valence-electron chi connectivity index (χ3n) is 3.57. The molecular formula is C20H21F3N2O4. The Bertz CT molecular complexity index is 834. The monoisotopic (exact) mass is 410 g/mol. The van der Waals surface area contributed by atoms with Gasteiger partial charge in [0.2, 0.25) is 5.91 Å². The predicted octanol–water partition coefficient (Wildman–Crippen LogP) is 4.08. The lowest BCUT2D eigenvalue weighted by atomic mass is 10.2. The van der Waals surface area contributed by atoms with Gasteiger partial charge in [-0.2, -0.15) is 0 Å². The number of rotatable bonds is 7. The molecule has 29 heavy (non-hydrogen) atoms. The highest BCUT2D eigenvalue weighted by Gasteiger charge is 2.31. The van der Waals surface area contributed by atoms with Crippen LogP contribution in [0.1, 0.15) is 24.2 Å². The number of carbonyl (C=O) groups excluding carboxylic acids is 2. The number of hydrogen-bond acceptors (Lipinski definition) is 4. The van der Waals surface area contributed by atoms with Crippen molar-refractivity contribution in [2.24, 2.45) is 0 Å². The van der Waals surface area contributed by atoms with E-state index >= 15 is 0 Å². The summed E-state index contributed by atoms with van der Waals surface area (Å²) in [6, 6.07) is 11.3. The Kier molecular flexibility index (Phi) is 7.08. The lowest BCUT2D eigenvalue weighted by Gasteiger charge is -2.17. The Hall–Kier alpha value is -3.23. The van der Waals surface area contributed by atoms with Gasteiger partial charge < -0.3 is 19.7 Å². The molecule has 0 bridgehead atoms. The Morgan fingerprint density at radius 1 is 1.00 bits per heavy atom. The molecule has 0 unspecified atom stereocenters. The van der Waals surface area contributed by atoms with Gasteiger partial charge in [0.05, 0.1) is 12.6 Å². The number of nitrogens with one attached hydrogen (secondary N) is 1. The Balaban J connectivity index is 1.90. The maximum absolute atomic E-state index is 12.4. The summed E-state index contributed by atoms with van der Waals surface area (Å²) in [6.45, 7) is 3.55. The van der Waals surface area contributed by atoms with Crippen LogP contribution < -0.4 is 14.8 Å². The second kappa shape index (κ2) is 9.31. The molecule has 0 aliphatic rings. The molecule has 0 aliphatic carbocycles. The van der Waals surface area contributed by atoms with Crippen LogP contribution in [0.3, 0.4) is 0 Å². The van der Waals surface area contributed by atoms with E-state index in [0.29, 0.717) is 11.3 Å². The van der Waals surface area contributed by atoms with Crippen LogP contribution >= 0.6 is 0 Å². The maximum atomic E-state index is 12.4. The fourth-order valence-corrected chi connectivity index (χ4v) is 2.40. The van der Waals surface area contributed by atoms with Gasteiger partial charge in [0.15, 0.2) is 0 Å². The van der Waals surface area contributed by atoms with Crippen molar-refractivity contribution in [3.05, 3.63) is 54.1 Å². The average Bonchev–Trinajstić information content (AvgIpc) is 2.61. The van der Waals surface area contributed by atoms with Gasteiger partial charge in [-0.3, -0.25) is 9.59 Å². The van der Waals surface area contributed by atoms with E-state index < -0.39 is 18.0 Å². The number of nitrogens with zero attached hydrogens (tertiary/aromatic N) is 1. The van der Waals surface area contributed by atoms with Crippen molar-refractivity contribution in [2.75, 3.05) is 18.9 Å². The van der Waals surface area contributed by atoms with Gasteiger partial charge in [-0.15, -0.1) is 13.2 Å². The zero-order chi connectivity index (χ0) is 21.6. The molecule has 0 heterocycles. The number of alkyl halides is 3. The van der Waals surface area contributed by atoms with E-state index in [2.05, 4.69) is 10.1 Å². The van der Waals surface area contributed by atoms with Crippen LogP contribution in [0.15, 0.2) is 48.5 Å². The van der Waals surface area contributed by atoms with Gasteiger partial charge in [0, 0.05) is 18.3 Å². The van der Waals surface area contributed by atoms with Crippen molar-refractivity contribution in [3.8, 4) is 11.5 Å². The number of anilines is 1. The highest BCUT2D eigenvalue weighted by atomic mass is 19.4. The SMILES string of the molecule is CC(C)Oc1ccc(C(=O)N(C)CC(=O)Nc2ccc(OC(F)(F)F)cc2)cc1. The second-order valence-corrected chi connectivity index (χ2v) is 6.47. The first kappa shape index (κ1) is 22.1. The number of benzene rings is 2. The number of halogens is 3. The maximum Gasteiger partial charge on any atom is 0.573 e. The van der Waals surface area contributed by atoms with Crippen LogP contribution in [0.2, 0.25) is 0 Å². The topological polar surface area (TPSA) is 67.9 Å². The first-order chi connectivity index (χ1) is 13.5. The van der Waals surface area contributed by atoms with Gasteiger partial charge in [0.25, 0.3) is 5.91 Å². The lowest BCUT2D eigenvalue weighted by Crippen LogP contribution is -2.34. The van der Waals surface area contributed by atoms with Crippen LogP contribution in [0, 0.1) is 0 Å². The van der Waals surface area contributed by atoms with Crippen molar-refractivity contribution in [2.45, 2.75) is 26.3 Å². The zero-order valence-electron chi connectivity index (χ0n) is 16.1. The summed E-state index contributed by atoms with van der Waals surface area (Å²) >= 11 is 0. The molecule has 2 rings (SSSR count). The molecule has 0 spiro atoms. The molecule has 9 heteroatoms. The van der Waals surface area contributed by atoms with Gasteiger partial charge >= 0.3 is 6.36 Å². The number of carbonyl (C=O) groups is 2. The third kappa shape index (κ3) is 7.36. The molecule has 0 fully saturated rings. The van der Waals surface area contributed by atoms with E-state index in [1.807, 2.05) is 13.8 Å². The molecule has 6 nitrogen and oxygen atoms in total. The van der Waals surface area contributed by atoms with Crippen LogP contribution in [0.4, 0.5) is 18.9 Å². The minimum atomic E-state index is -4.78. The molecule has 0 atom stereocenters. The number of ether oxygens (including phenoxy) is 2. The summed E-state index contributed by atoms with van der Waals surface area (Å²) < 4.78 is 45.7. The fraction of sp³-hybridized carbons (Fsp3) is 0.300. The standard InChI is InChI=1S/C20H21F3N2O4/c1-13(2)28-16-8-4-14(5-9-16)19(27)25(3)12-18(26)24-15-6-10-17(11-7-15)29-20(21,22)23/h4-11,13H,12H2,1-3H3,(H,24,26). The molecule has 0 saturated carbocycles. The largest absolute Gasteiger partial charge is 0.573 e. The van der Waals surface area contributed by atoms with Crippen molar-refractivity contribution >= 4 is 17.5 Å². The third-order valence-corrected chi connectivity index (χ3v) is 3.57. The molecule has 0 saturated heterocycles. The quantitative estimate of drug-likeness (QED) is 0.747. The van der Waals surface area contributed by atoms with Crippen molar-refractivity contribution in [1.82, 2.24) is 4.90 Å². The van der Waals surface area contributed by atoms with Gasteiger partial charge in [0.1, 0.15) is 11.5 Å². The minimum Gasteiger partial charge on any atom is -0.491 e. The van der Waals surface area contributed by atoms with Crippen molar-refractivity contribution < 1.29 is 32.2 Å². The van der Waals surface area contributed by atoms with Crippen LogP contribution in [-0.2, 0) is 4.79 Å². The van der Waals surface area contributed by atoms with Gasteiger partial charge in [-0.25, -0.2) is 0 Å². The predicted molar refractivity (Wildman–Crippen MR) is 101 cm³/mol. The first-order valence-corrected chi connectivity index (χ1v) is 8.71. The smallest absolute Gasteiger partial charge is 0.491 e. The van der Waals surface area contributed by atoms with E-state index in [0.717, 1.165) is 12.1 Å².